The number of hydrogen-bond acceptors (Lipinski definition) is 5. The molecule has 39 heavy (non-hydrogen) atoms. The molecule has 2 aromatic rings. The maximum atomic E-state index is 13.3. The number of aromatic nitrogens is 3. The zero-order valence-electron chi connectivity index (χ0n) is 22.7. The lowest BCUT2D eigenvalue weighted by Gasteiger charge is -2.32. The first-order chi connectivity index (χ1) is 18.6. The first kappa shape index (κ1) is 28.9. The number of carbonyl (C=O) groups is 2. The average molecular weight is 550 g/mol. The van der Waals surface area contributed by atoms with Gasteiger partial charge in [0, 0.05) is 62.5 Å². The summed E-state index contributed by atoms with van der Waals surface area (Å²) in [7, 11) is 0. The van der Waals surface area contributed by atoms with Gasteiger partial charge in [-0.05, 0) is 70.3 Å². The van der Waals surface area contributed by atoms with Gasteiger partial charge in [-0.15, -0.1) is 0 Å². The largest absolute Gasteiger partial charge is 0.474 e. The van der Waals surface area contributed by atoms with E-state index in [9.17, 15) is 22.8 Å². The van der Waals surface area contributed by atoms with E-state index in [-0.39, 0.29) is 36.1 Å². The van der Waals surface area contributed by atoms with Crippen LogP contribution >= 0.6 is 0 Å². The molecule has 8 nitrogen and oxygen atoms in total. The summed E-state index contributed by atoms with van der Waals surface area (Å²) in [5.41, 5.74) is 1.46. The lowest BCUT2D eigenvalue weighted by Crippen LogP contribution is -2.46. The van der Waals surface area contributed by atoms with Gasteiger partial charge in [0.15, 0.2) is 5.69 Å². The van der Waals surface area contributed by atoms with Crippen LogP contribution in [0, 0.1) is 12.8 Å². The molecule has 2 amide bonds. The predicted octanol–water partition coefficient (Wildman–Crippen LogP) is 4.85. The number of nitrogens with zero attached hydrogens (tertiary/aromatic N) is 4. The van der Waals surface area contributed by atoms with Gasteiger partial charge in [-0.25, -0.2) is 4.98 Å². The molecule has 0 spiro atoms. The van der Waals surface area contributed by atoms with Gasteiger partial charge in [0.2, 0.25) is 11.8 Å². The van der Waals surface area contributed by atoms with Crippen LogP contribution in [0.25, 0.3) is 0 Å². The Morgan fingerprint density at radius 1 is 1.13 bits per heavy atom. The molecule has 0 radical (unpaired) electrons. The van der Waals surface area contributed by atoms with E-state index >= 15 is 0 Å². The number of nitrogens with one attached hydrogen (secondary N) is 1. The number of hydrogen-bond donors (Lipinski definition) is 1. The number of alkyl halides is 3. The second kappa shape index (κ2) is 12.8. The fourth-order valence-corrected chi connectivity index (χ4v) is 5.49. The molecule has 0 unspecified atom stereocenters. The molecule has 4 rings (SSSR count). The highest BCUT2D eigenvalue weighted by molar-refractivity contribution is 5.93. The SMILES string of the molecule is CC(=O)NC1CCN(C(=O)c2nn(CCC3CCC(Oc4ncccc4C)CC3)cc2CCC(F)(F)F)CC1. The van der Waals surface area contributed by atoms with Gasteiger partial charge in [0.25, 0.3) is 5.91 Å². The minimum absolute atomic E-state index is 0.00211. The number of aryl methyl sites for hydroxylation is 3. The highest BCUT2D eigenvalue weighted by Crippen LogP contribution is 2.31. The van der Waals surface area contributed by atoms with Gasteiger partial charge >= 0.3 is 6.18 Å². The molecular weight excluding hydrogens is 511 g/mol. The first-order valence-corrected chi connectivity index (χ1v) is 13.8. The van der Waals surface area contributed by atoms with Crippen LogP contribution < -0.4 is 10.1 Å². The second-order valence-electron chi connectivity index (χ2n) is 10.8. The topological polar surface area (TPSA) is 89.4 Å². The van der Waals surface area contributed by atoms with Gasteiger partial charge < -0.3 is 15.0 Å². The molecule has 1 aliphatic carbocycles. The Morgan fingerprint density at radius 2 is 1.85 bits per heavy atom. The van der Waals surface area contributed by atoms with Gasteiger partial charge in [-0.1, -0.05) is 6.07 Å². The van der Waals surface area contributed by atoms with Crippen molar-refractivity contribution in [1.82, 2.24) is 25.0 Å². The highest BCUT2D eigenvalue weighted by atomic mass is 19.4. The summed E-state index contributed by atoms with van der Waals surface area (Å²) < 4.78 is 46.7. The first-order valence-electron chi connectivity index (χ1n) is 13.8. The van der Waals surface area contributed by atoms with Crippen LogP contribution in [0.15, 0.2) is 24.5 Å². The van der Waals surface area contributed by atoms with Crippen LogP contribution in [0.4, 0.5) is 13.2 Å². The smallest absolute Gasteiger partial charge is 0.389 e. The van der Waals surface area contributed by atoms with E-state index in [2.05, 4.69) is 15.4 Å². The molecule has 0 bridgehead atoms. The third-order valence-corrected chi connectivity index (χ3v) is 7.71. The Morgan fingerprint density at radius 3 is 2.49 bits per heavy atom. The normalized spacial score (nSPS) is 20.6. The third-order valence-electron chi connectivity index (χ3n) is 7.71. The summed E-state index contributed by atoms with van der Waals surface area (Å²) in [6.45, 7) is 4.84. The van der Waals surface area contributed by atoms with E-state index in [4.69, 9.17) is 4.74 Å². The number of pyridine rings is 1. The lowest BCUT2D eigenvalue weighted by molar-refractivity contribution is -0.134. The maximum absolute atomic E-state index is 13.3. The Hall–Kier alpha value is -3.11. The number of ether oxygens (including phenoxy) is 1. The Balaban J connectivity index is 1.33. The van der Waals surface area contributed by atoms with Crippen LogP contribution in [0.1, 0.15) is 79.9 Å². The molecule has 0 aromatic carbocycles. The lowest BCUT2D eigenvalue weighted by atomic mass is 9.85. The Labute approximate surface area is 227 Å². The van der Waals surface area contributed by atoms with Crippen molar-refractivity contribution >= 4 is 11.8 Å². The molecule has 1 saturated heterocycles. The third kappa shape index (κ3) is 8.44. The van der Waals surface area contributed by atoms with Crippen LogP contribution in [-0.2, 0) is 17.8 Å². The molecule has 1 N–H and O–H groups in total. The zero-order valence-corrected chi connectivity index (χ0v) is 22.7. The Bertz CT molecular complexity index is 1120. The summed E-state index contributed by atoms with van der Waals surface area (Å²) in [5, 5.41) is 7.34. The summed E-state index contributed by atoms with van der Waals surface area (Å²) in [6.07, 6.45) is 3.78. The number of carbonyl (C=O) groups excluding carboxylic acids is 2. The molecule has 3 heterocycles. The van der Waals surface area contributed by atoms with Crippen molar-refractivity contribution in [2.45, 2.75) is 96.5 Å². The minimum Gasteiger partial charge on any atom is -0.474 e. The van der Waals surface area contributed by atoms with E-state index in [1.807, 2.05) is 19.1 Å². The molecule has 2 aliphatic rings. The second-order valence-corrected chi connectivity index (χ2v) is 10.8. The van der Waals surface area contributed by atoms with Crippen molar-refractivity contribution in [3.05, 3.63) is 41.3 Å². The number of piperidine rings is 1. The maximum Gasteiger partial charge on any atom is 0.389 e. The predicted molar refractivity (Wildman–Crippen MR) is 139 cm³/mol. The van der Waals surface area contributed by atoms with Gasteiger partial charge in [-0.3, -0.25) is 14.3 Å². The molecular formula is C28H38F3N5O3. The quantitative estimate of drug-likeness (QED) is 0.483. The van der Waals surface area contributed by atoms with E-state index in [1.54, 1.807) is 22.0 Å². The van der Waals surface area contributed by atoms with Gasteiger partial charge in [-0.2, -0.15) is 18.3 Å². The molecule has 1 saturated carbocycles. The van der Waals surface area contributed by atoms with Crippen molar-refractivity contribution in [3.63, 3.8) is 0 Å². The van der Waals surface area contributed by atoms with E-state index < -0.39 is 12.6 Å². The fraction of sp³-hybridized carbons (Fsp3) is 0.643. The van der Waals surface area contributed by atoms with E-state index in [0.717, 1.165) is 37.7 Å². The van der Waals surface area contributed by atoms with E-state index in [0.29, 0.717) is 49.8 Å². The monoisotopic (exact) mass is 549 g/mol. The van der Waals surface area contributed by atoms with Crippen molar-refractivity contribution in [2.24, 2.45) is 5.92 Å². The summed E-state index contributed by atoms with van der Waals surface area (Å²) in [5.74, 6) is 0.691. The minimum atomic E-state index is -4.31. The van der Waals surface area contributed by atoms with Crippen LogP contribution in [0.5, 0.6) is 5.88 Å². The van der Waals surface area contributed by atoms with Crippen molar-refractivity contribution in [3.8, 4) is 5.88 Å². The molecule has 214 valence electrons. The summed E-state index contributed by atoms with van der Waals surface area (Å²) in [4.78, 5) is 30.5. The molecule has 11 heteroatoms. The molecule has 2 fully saturated rings. The van der Waals surface area contributed by atoms with Gasteiger partial charge in [0.05, 0.1) is 0 Å². The van der Waals surface area contributed by atoms with Crippen molar-refractivity contribution in [1.29, 1.82) is 0 Å². The van der Waals surface area contributed by atoms with E-state index in [1.165, 1.54) is 6.92 Å². The molecule has 1 aliphatic heterocycles. The molecule has 0 atom stereocenters. The van der Waals surface area contributed by atoms with Crippen molar-refractivity contribution < 1.29 is 27.5 Å². The highest BCUT2D eigenvalue weighted by Gasteiger charge is 2.31. The summed E-state index contributed by atoms with van der Waals surface area (Å²) in [6, 6.07) is 3.87. The zero-order chi connectivity index (χ0) is 28.0. The standard InChI is InChI=1S/C28H38F3N5O3/c1-19-4-3-14-32-26(19)39-24-7-5-21(6-8-24)10-17-36-18-22(9-13-28(29,30)31)25(34-36)27(38)35-15-11-23(12-16-35)33-20(2)37/h3-4,14,18,21,23-24H,5-13,15-17H2,1-2H3,(H,33,37). The van der Waals surface area contributed by atoms with Crippen LogP contribution in [0.2, 0.25) is 0 Å². The van der Waals surface area contributed by atoms with Gasteiger partial charge in [0.1, 0.15) is 6.10 Å². The Kier molecular flexibility index (Phi) is 9.50. The number of rotatable bonds is 9. The average Bonchev–Trinajstić information content (AvgIpc) is 3.31. The fourth-order valence-electron chi connectivity index (χ4n) is 5.49. The van der Waals surface area contributed by atoms with Crippen LogP contribution in [-0.4, -0.2) is 62.9 Å². The molecule has 2 aromatic heterocycles. The number of amides is 2. The summed E-state index contributed by atoms with van der Waals surface area (Å²) >= 11 is 0. The number of halogens is 3. The number of likely N-dealkylation sites (tertiary alicyclic amines) is 1. The van der Waals surface area contributed by atoms with Crippen LogP contribution in [0.3, 0.4) is 0 Å². The van der Waals surface area contributed by atoms with Crippen molar-refractivity contribution in [2.75, 3.05) is 13.1 Å².